The molecule has 5 heteroatoms. The molecule has 2 atom stereocenters. The fraction of sp³-hybridized carbons (Fsp3) is 0.348. The van der Waals surface area contributed by atoms with Gasteiger partial charge in [0.05, 0.1) is 18.4 Å². The van der Waals surface area contributed by atoms with Crippen LogP contribution in [0.1, 0.15) is 34.7 Å². The molecule has 146 valence electrons. The van der Waals surface area contributed by atoms with Gasteiger partial charge in [-0.25, -0.2) is 0 Å². The Balaban J connectivity index is 1.50. The van der Waals surface area contributed by atoms with Gasteiger partial charge in [-0.1, -0.05) is 42.5 Å². The normalized spacial score (nSPS) is 20.5. The highest BCUT2D eigenvalue weighted by atomic mass is 16.3. The van der Waals surface area contributed by atoms with Crippen LogP contribution in [0.5, 0.6) is 5.75 Å². The van der Waals surface area contributed by atoms with Crippen molar-refractivity contribution < 1.29 is 15.3 Å². The standard InChI is InChI=1S/C23H26N2O3/c1-15-23(28)21(19(14-26)11-24-15)12-25-9-8-20(22(27)13-25)18-7-6-16-4-2-3-5-17(16)10-18/h2-7,10-11,20,22,26-28H,8-9,12-14H2,1H3/t20-,22+/m0/s1. The Hall–Kier alpha value is -2.47. The molecule has 5 nitrogen and oxygen atoms in total. The fourth-order valence-corrected chi connectivity index (χ4v) is 4.19. The van der Waals surface area contributed by atoms with E-state index in [0.717, 1.165) is 13.0 Å². The third kappa shape index (κ3) is 3.61. The molecule has 0 aliphatic carbocycles. The SMILES string of the molecule is Cc1ncc(CO)c(CN2CC[C@@H](c3ccc4ccccc4c3)[C@H](O)C2)c1O. The second kappa shape index (κ2) is 7.87. The minimum Gasteiger partial charge on any atom is -0.506 e. The first-order valence-corrected chi connectivity index (χ1v) is 9.73. The van der Waals surface area contributed by atoms with Gasteiger partial charge in [0.1, 0.15) is 5.75 Å². The van der Waals surface area contributed by atoms with E-state index >= 15 is 0 Å². The highest BCUT2D eigenvalue weighted by molar-refractivity contribution is 5.83. The van der Waals surface area contributed by atoms with Crippen molar-refractivity contribution >= 4 is 10.8 Å². The number of benzene rings is 2. The van der Waals surface area contributed by atoms with Gasteiger partial charge in [-0.05, 0) is 36.2 Å². The van der Waals surface area contributed by atoms with Crippen LogP contribution in [-0.2, 0) is 13.2 Å². The third-order valence-electron chi connectivity index (χ3n) is 5.85. The second-order valence-electron chi connectivity index (χ2n) is 7.66. The van der Waals surface area contributed by atoms with Crippen molar-refractivity contribution in [2.45, 2.75) is 38.5 Å². The Labute approximate surface area is 164 Å². The van der Waals surface area contributed by atoms with Crippen molar-refractivity contribution in [2.75, 3.05) is 13.1 Å². The average molecular weight is 378 g/mol. The molecule has 3 aromatic rings. The second-order valence-corrected chi connectivity index (χ2v) is 7.66. The van der Waals surface area contributed by atoms with Crippen LogP contribution in [0.15, 0.2) is 48.7 Å². The molecule has 1 aliphatic heterocycles. The maximum absolute atomic E-state index is 10.8. The summed E-state index contributed by atoms with van der Waals surface area (Å²) in [5.41, 5.74) is 3.06. The molecule has 28 heavy (non-hydrogen) atoms. The lowest BCUT2D eigenvalue weighted by molar-refractivity contribution is 0.0471. The maximum atomic E-state index is 10.8. The number of aromatic nitrogens is 1. The summed E-state index contributed by atoms with van der Waals surface area (Å²) in [5, 5.41) is 33.2. The van der Waals surface area contributed by atoms with E-state index in [0.29, 0.717) is 29.9 Å². The van der Waals surface area contributed by atoms with Crippen LogP contribution in [0.25, 0.3) is 10.8 Å². The molecule has 0 spiro atoms. The highest BCUT2D eigenvalue weighted by Crippen LogP contribution is 2.33. The number of aromatic hydroxyl groups is 1. The predicted octanol–water partition coefficient (Wildman–Crippen LogP) is 3.09. The van der Waals surface area contributed by atoms with Crippen LogP contribution >= 0.6 is 0 Å². The van der Waals surface area contributed by atoms with Gasteiger partial charge in [-0.15, -0.1) is 0 Å². The average Bonchev–Trinajstić information content (AvgIpc) is 2.71. The molecule has 2 aromatic carbocycles. The predicted molar refractivity (Wildman–Crippen MR) is 109 cm³/mol. The molecule has 0 radical (unpaired) electrons. The summed E-state index contributed by atoms with van der Waals surface area (Å²) in [5.74, 6) is 0.239. The van der Waals surface area contributed by atoms with E-state index in [1.165, 1.54) is 16.3 Å². The summed E-state index contributed by atoms with van der Waals surface area (Å²) in [7, 11) is 0. The molecule has 1 fully saturated rings. The Morgan fingerprint density at radius 3 is 2.68 bits per heavy atom. The summed E-state index contributed by atoms with van der Waals surface area (Å²) < 4.78 is 0. The summed E-state index contributed by atoms with van der Waals surface area (Å²) in [6.07, 6.45) is 1.99. The number of nitrogens with zero attached hydrogens (tertiary/aromatic N) is 2. The van der Waals surface area contributed by atoms with E-state index in [1.807, 2.05) is 12.1 Å². The Morgan fingerprint density at radius 2 is 1.93 bits per heavy atom. The first kappa shape index (κ1) is 18.9. The summed E-state index contributed by atoms with van der Waals surface area (Å²) in [6.45, 7) is 3.43. The zero-order valence-corrected chi connectivity index (χ0v) is 16.0. The van der Waals surface area contributed by atoms with E-state index < -0.39 is 6.10 Å². The van der Waals surface area contributed by atoms with Crippen molar-refractivity contribution in [1.29, 1.82) is 0 Å². The van der Waals surface area contributed by atoms with E-state index in [1.54, 1.807) is 13.1 Å². The maximum Gasteiger partial charge on any atom is 0.141 e. The lowest BCUT2D eigenvalue weighted by atomic mass is 9.86. The van der Waals surface area contributed by atoms with Crippen LogP contribution in [-0.4, -0.2) is 44.4 Å². The molecule has 3 N–H and O–H groups in total. The third-order valence-corrected chi connectivity index (χ3v) is 5.85. The number of hydrogen-bond donors (Lipinski definition) is 3. The lowest BCUT2D eigenvalue weighted by Crippen LogP contribution is -2.42. The summed E-state index contributed by atoms with van der Waals surface area (Å²) in [4.78, 5) is 6.25. The topological polar surface area (TPSA) is 76.8 Å². The molecule has 1 aromatic heterocycles. The van der Waals surface area contributed by atoms with E-state index in [9.17, 15) is 15.3 Å². The molecule has 0 saturated carbocycles. The van der Waals surface area contributed by atoms with Gasteiger partial charge >= 0.3 is 0 Å². The molecular weight excluding hydrogens is 352 g/mol. The van der Waals surface area contributed by atoms with Crippen LogP contribution in [0.4, 0.5) is 0 Å². The fourth-order valence-electron chi connectivity index (χ4n) is 4.19. The van der Waals surface area contributed by atoms with Crippen molar-refractivity contribution in [2.24, 2.45) is 0 Å². The number of likely N-dealkylation sites (tertiary alicyclic amines) is 1. The van der Waals surface area contributed by atoms with Gasteiger partial charge in [0.2, 0.25) is 0 Å². The molecule has 1 aliphatic rings. The van der Waals surface area contributed by atoms with E-state index in [2.05, 4.69) is 40.2 Å². The molecule has 0 unspecified atom stereocenters. The van der Waals surface area contributed by atoms with Crippen LogP contribution in [0, 0.1) is 6.92 Å². The monoisotopic (exact) mass is 378 g/mol. The first-order valence-electron chi connectivity index (χ1n) is 9.73. The highest BCUT2D eigenvalue weighted by Gasteiger charge is 2.30. The molecule has 0 amide bonds. The summed E-state index contributed by atoms with van der Waals surface area (Å²) >= 11 is 0. The van der Waals surface area contributed by atoms with Gasteiger partial charge in [-0.3, -0.25) is 9.88 Å². The van der Waals surface area contributed by atoms with Crippen molar-refractivity contribution in [1.82, 2.24) is 9.88 Å². The minimum atomic E-state index is -0.474. The Morgan fingerprint density at radius 1 is 1.14 bits per heavy atom. The molecule has 2 heterocycles. The molecule has 1 saturated heterocycles. The number of rotatable bonds is 4. The van der Waals surface area contributed by atoms with Crippen LogP contribution in [0.3, 0.4) is 0 Å². The number of aliphatic hydroxyl groups is 2. The van der Waals surface area contributed by atoms with Gasteiger partial charge in [-0.2, -0.15) is 0 Å². The molecule has 4 rings (SSSR count). The van der Waals surface area contributed by atoms with Crippen molar-refractivity contribution in [3.63, 3.8) is 0 Å². The van der Waals surface area contributed by atoms with Crippen LogP contribution < -0.4 is 0 Å². The van der Waals surface area contributed by atoms with E-state index in [4.69, 9.17) is 0 Å². The molecule has 0 bridgehead atoms. The number of pyridine rings is 1. The van der Waals surface area contributed by atoms with Gasteiger partial charge in [0.25, 0.3) is 0 Å². The number of β-amino-alcohol motifs (C(OH)–C–C–N with tert-alkyl or cyclic N) is 1. The Kier molecular flexibility index (Phi) is 5.31. The van der Waals surface area contributed by atoms with Crippen molar-refractivity contribution in [3.05, 3.63) is 71.0 Å². The van der Waals surface area contributed by atoms with Crippen molar-refractivity contribution in [3.8, 4) is 5.75 Å². The zero-order chi connectivity index (χ0) is 19.7. The zero-order valence-electron chi connectivity index (χ0n) is 16.0. The first-order chi connectivity index (χ1) is 13.6. The smallest absolute Gasteiger partial charge is 0.141 e. The van der Waals surface area contributed by atoms with E-state index in [-0.39, 0.29) is 18.3 Å². The number of aryl methyl sites for hydroxylation is 1. The quantitative estimate of drug-likeness (QED) is 0.650. The summed E-state index contributed by atoms with van der Waals surface area (Å²) in [6, 6.07) is 14.7. The van der Waals surface area contributed by atoms with Crippen LogP contribution in [0.2, 0.25) is 0 Å². The number of aliphatic hydroxyl groups excluding tert-OH is 2. The number of fused-ring (bicyclic) bond motifs is 1. The molecular formula is C23H26N2O3. The minimum absolute atomic E-state index is 0.103. The number of piperidine rings is 1. The number of hydrogen-bond acceptors (Lipinski definition) is 5. The van der Waals surface area contributed by atoms with Gasteiger partial charge in [0, 0.05) is 36.3 Å². The van der Waals surface area contributed by atoms with Gasteiger partial charge < -0.3 is 15.3 Å². The van der Waals surface area contributed by atoms with Gasteiger partial charge in [0.15, 0.2) is 0 Å². The largest absolute Gasteiger partial charge is 0.506 e. The lowest BCUT2D eigenvalue weighted by Gasteiger charge is -2.36. The Bertz CT molecular complexity index is 989.